The minimum absolute atomic E-state index is 0.957. The SMILES string of the molecule is CCCCCCCCCCCc1cc2cc3nc(cc4ccc(cc5nc(cc1[nH]2)C=C5)[nH]4)C=C3. The maximum Gasteiger partial charge on any atom is 0.0658 e. The van der Waals surface area contributed by atoms with Crippen LogP contribution in [0.3, 0.4) is 0 Å². The summed E-state index contributed by atoms with van der Waals surface area (Å²) in [6, 6.07) is 14.9. The van der Waals surface area contributed by atoms with Gasteiger partial charge in [-0.15, -0.1) is 0 Å². The summed E-state index contributed by atoms with van der Waals surface area (Å²) in [5, 5.41) is 0. The van der Waals surface area contributed by atoms with Crippen molar-refractivity contribution in [1.82, 2.24) is 19.9 Å². The van der Waals surface area contributed by atoms with Crippen molar-refractivity contribution in [2.24, 2.45) is 0 Å². The van der Waals surface area contributed by atoms with Gasteiger partial charge in [-0.3, -0.25) is 0 Å². The summed E-state index contributed by atoms with van der Waals surface area (Å²) in [5.41, 5.74) is 9.57. The molecule has 8 bridgehead atoms. The summed E-state index contributed by atoms with van der Waals surface area (Å²) in [6.45, 7) is 2.28. The molecule has 0 unspecified atom stereocenters. The number of unbranched alkanes of at least 4 members (excludes halogenated alkanes) is 8. The molecule has 0 atom stereocenters. The van der Waals surface area contributed by atoms with E-state index in [1.807, 2.05) is 0 Å². The van der Waals surface area contributed by atoms with Gasteiger partial charge in [-0.1, -0.05) is 58.3 Å². The van der Waals surface area contributed by atoms with E-state index in [1.165, 1.54) is 63.4 Å². The molecule has 2 N–H and O–H groups in total. The third kappa shape index (κ3) is 6.39. The summed E-state index contributed by atoms with van der Waals surface area (Å²) < 4.78 is 0. The van der Waals surface area contributed by atoms with Crippen molar-refractivity contribution >= 4 is 46.4 Å². The van der Waals surface area contributed by atoms with Gasteiger partial charge in [0.1, 0.15) is 0 Å². The zero-order valence-electron chi connectivity index (χ0n) is 20.8. The van der Waals surface area contributed by atoms with Gasteiger partial charge in [-0.05, 0) is 85.2 Å². The Hall–Kier alpha value is -3.40. The molecule has 0 saturated carbocycles. The van der Waals surface area contributed by atoms with Crippen molar-refractivity contribution in [2.45, 2.75) is 71.1 Å². The van der Waals surface area contributed by atoms with Gasteiger partial charge in [0, 0.05) is 22.1 Å². The highest BCUT2D eigenvalue weighted by atomic mass is 14.8. The van der Waals surface area contributed by atoms with E-state index in [1.54, 1.807) is 0 Å². The fourth-order valence-electron chi connectivity index (χ4n) is 4.91. The summed E-state index contributed by atoms with van der Waals surface area (Å²) in [6.07, 6.45) is 21.5. The van der Waals surface area contributed by atoms with Crippen LogP contribution in [0, 0.1) is 0 Å². The molecule has 0 aromatic carbocycles. The lowest BCUT2D eigenvalue weighted by molar-refractivity contribution is 0.565. The zero-order chi connectivity index (χ0) is 23.9. The van der Waals surface area contributed by atoms with Gasteiger partial charge in [-0.2, -0.15) is 0 Å². The minimum atomic E-state index is 0.957. The number of nitrogens with one attached hydrogen (secondary N) is 2. The minimum Gasteiger partial charge on any atom is -0.355 e. The number of hydrogen-bond acceptors (Lipinski definition) is 2. The average Bonchev–Trinajstić information content (AvgIpc) is 3.64. The largest absolute Gasteiger partial charge is 0.355 e. The fourth-order valence-corrected chi connectivity index (χ4v) is 4.91. The average molecular weight is 465 g/mol. The molecular weight excluding hydrogens is 428 g/mol. The maximum absolute atomic E-state index is 4.83. The van der Waals surface area contributed by atoms with Crippen LogP contribution in [0.5, 0.6) is 0 Å². The summed E-state index contributed by atoms with van der Waals surface area (Å²) in [7, 11) is 0. The number of aromatic nitrogens is 4. The third-order valence-corrected chi connectivity index (χ3v) is 6.80. The monoisotopic (exact) mass is 464 g/mol. The Bertz CT molecular complexity index is 1370. The molecule has 0 aliphatic carbocycles. The molecule has 0 spiro atoms. The molecule has 0 radical (unpaired) electrons. The number of nitrogens with zero attached hydrogens (tertiary/aromatic N) is 2. The molecule has 4 nitrogen and oxygen atoms in total. The van der Waals surface area contributed by atoms with Crippen LogP contribution >= 0.6 is 0 Å². The Morgan fingerprint density at radius 1 is 0.543 bits per heavy atom. The molecule has 0 fully saturated rings. The number of aromatic amines is 2. The van der Waals surface area contributed by atoms with E-state index >= 15 is 0 Å². The zero-order valence-corrected chi connectivity index (χ0v) is 20.8. The lowest BCUT2D eigenvalue weighted by Crippen LogP contribution is -1.86. The van der Waals surface area contributed by atoms with Crippen LogP contribution in [-0.4, -0.2) is 19.9 Å². The number of rotatable bonds is 10. The topological polar surface area (TPSA) is 57.4 Å². The molecule has 180 valence electrons. The second-order valence-electron chi connectivity index (χ2n) is 9.78. The first kappa shape index (κ1) is 23.3. The van der Waals surface area contributed by atoms with Crippen LogP contribution in [0.15, 0.2) is 42.5 Å². The summed E-state index contributed by atoms with van der Waals surface area (Å²) in [4.78, 5) is 16.7. The number of hydrogen-bond donors (Lipinski definition) is 2. The van der Waals surface area contributed by atoms with Crippen LogP contribution in [0.2, 0.25) is 0 Å². The smallest absolute Gasteiger partial charge is 0.0658 e. The first-order valence-corrected chi connectivity index (χ1v) is 13.3. The van der Waals surface area contributed by atoms with Crippen LogP contribution in [0.25, 0.3) is 46.4 Å². The van der Waals surface area contributed by atoms with Gasteiger partial charge in [0.15, 0.2) is 0 Å². The molecular formula is C31H36N4. The van der Waals surface area contributed by atoms with Crippen molar-refractivity contribution < 1.29 is 0 Å². The quantitative estimate of drug-likeness (QED) is 0.203. The molecule has 5 heterocycles. The highest BCUT2D eigenvalue weighted by Crippen LogP contribution is 2.21. The fraction of sp³-hybridized carbons (Fsp3) is 0.355. The first-order chi connectivity index (χ1) is 17.2. The van der Waals surface area contributed by atoms with Crippen molar-refractivity contribution in [3.8, 4) is 0 Å². The Balaban J connectivity index is 1.39. The van der Waals surface area contributed by atoms with Gasteiger partial charge in [0.2, 0.25) is 0 Å². The van der Waals surface area contributed by atoms with E-state index in [2.05, 4.69) is 83.7 Å². The Morgan fingerprint density at radius 2 is 1.06 bits per heavy atom. The second kappa shape index (κ2) is 11.4. The van der Waals surface area contributed by atoms with Gasteiger partial charge in [0.25, 0.3) is 0 Å². The van der Waals surface area contributed by atoms with E-state index in [0.717, 1.165) is 51.3 Å². The molecule has 2 aliphatic heterocycles. The van der Waals surface area contributed by atoms with E-state index in [-0.39, 0.29) is 0 Å². The van der Waals surface area contributed by atoms with E-state index in [9.17, 15) is 0 Å². The molecule has 5 rings (SSSR count). The van der Waals surface area contributed by atoms with Crippen LogP contribution < -0.4 is 0 Å². The van der Waals surface area contributed by atoms with Crippen molar-refractivity contribution in [3.63, 3.8) is 0 Å². The Kier molecular flexibility index (Phi) is 7.57. The first-order valence-electron chi connectivity index (χ1n) is 13.3. The predicted molar refractivity (Wildman–Crippen MR) is 150 cm³/mol. The van der Waals surface area contributed by atoms with E-state index in [0.29, 0.717) is 0 Å². The normalized spacial score (nSPS) is 12.5. The molecule has 2 aliphatic rings. The molecule has 4 heteroatoms. The van der Waals surface area contributed by atoms with Crippen LogP contribution in [-0.2, 0) is 6.42 Å². The highest BCUT2D eigenvalue weighted by molar-refractivity contribution is 5.78. The number of aryl methyl sites for hydroxylation is 1. The Labute approximate surface area is 208 Å². The molecule has 3 aromatic rings. The van der Waals surface area contributed by atoms with Crippen LogP contribution in [0.1, 0.15) is 93.1 Å². The molecule has 35 heavy (non-hydrogen) atoms. The number of H-pyrrole nitrogens is 2. The van der Waals surface area contributed by atoms with Gasteiger partial charge in [0.05, 0.1) is 22.8 Å². The lowest BCUT2D eigenvalue weighted by Gasteiger charge is -2.02. The maximum atomic E-state index is 4.83. The molecule has 0 saturated heterocycles. The molecule has 0 amide bonds. The Morgan fingerprint density at radius 3 is 1.66 bits per heavy atom. The second-order valence-corrected chi connectivity index (χ2v) is 9.78. The predicted octanol–water partition coefficient (Wildman–Crippen LogP) is 8.73. The van der Waals surface area contributed by atoms with Crippen molar-refractivity contribution in [1.29, 1.82) is 0 Å². The standard InChI is InChI=1S/C31H36N4/c1-2-3-4-5-6-7-8-9-10-11-23-18-30-21-28-15-14-26(33-28)19-24-12-13-25(32-24)20-27-16-17-29(34-27)22-31(23)35-30/h12-22,32,35H,2-11H2,1H3. The van der Waals surface area contributed by atoms with Gasteiger partial charge >= 0.3 is 0 Å². The van der Waals surface area contributed by atoms with Crippen LogP contribution in [0.4, 0.5) is 0 Å². The highest BCUT2D eigenvalue weighted by Gasteiger charge is 2.05. The van der Waals surface area contributed by atoms with Crippen molar-refractivity contribution in [3.05, 3.63) is 70.8 Å². The van der Waals surface area contributed by atoms with Gasteiger partial charge < -0.3 is 9.97 Å². The van der Waals surface area contributed by atoms with E-state index in [4.69, 9.17) is 9.97 Å². The van der Waals surface area contributed by atoms with Gasteiger partial charge in [-0.25, -0.2) is 9.97 Å². The lowest BCUT2D eigenvalue weighted by atomic mass is 10.0. The summed E-state index contributed by atoms with van der Waals surface area (Å²) >= 11 is 0. The molecule has 3 aromatic heterocycles. The van der Waals surface area contributed by atoms with Crippen molar-refractivity contribution in [2.75, 3.05) is 0 Å². The summed E-state index contributed by atoms with van der Waals surface area (Å²) in [5.74, 6) is 0. The third-order valence-electron chi connectivity index (χ3n) is 6.80. The van der Waals surface area contributed by atoms with E-state index < -0.39 is 0 Å². The number of fused-ring (bicyclic) bond motifs is 8.